The van der Waals surface area contributed by atoms with Crippen LogP contribution in [0.1, 0.15) is 24.1 Å². The molecule has 0 saturated carbocycles. The summed E-state index contributed by atoms with van der Waals surface area (Å²) in [6.07, 6.45) is 3.45. The molecule has 0 aliphatic carbocycles. The van der Waals surface area contributed by atoms with Gasteiger partial charge in [-0.3, -0.25) is 4.99 Å². The number of rotatable bonds is 9. The normalized spacial score (nSPS) is 11.4. The Hall–Kier alpha value is -3.35. The molecule has 0 aliphatic heterocycles. The molecule has 6 nitrogen and oxygen atoms in total. The zero-order chi connectivity index (χ0) is 21.2. The highest BCUT2D eigenvalue weighted by molar-refractivity contribution is 5.79. The summed E-state index contributed by atoms with van der Waals surface area (Å²) in [4.78, 5) is 8.74. The molecule has 158 valence electrons. The molecule has 2 aromatic carbocycles. The SMILES string of the molecule is CN=C(NCCCCOc1ccc(F)cc1)NCc1coc(-c2ccc(C)cc2)n1. The van der Waals surface area contributed by atoms with Gasteiger partial charge >= 0.3 is 0 Å². The van der Waals surface area contributed by atoms with E-state index < -0.39 is 0 Å². The molecule has 3 aromatic rings. The number of unbranched alkanes of at least 4 members (excludes halogenated alkanes) is 1. The van der Waals surface area contributed by atoms with Crippen molar-refractivity contribution in [3.8, 4) is 17.2 Å². The van der Waals surface area contributed by atoms with Crippen molar-refractivity contribution in [1.82, 2.24) is 15.6 Å². The van der Waals surface area contributed by atoms with Gasteiger partial charge in [-0.25, -0.2) is 9.37 Å². The Balaban J connectivity index is 1.34. The van der Waals surface area contributed by atoms with Gasteiger partial charge < -0.3 is 19.8 Å². The van der Waals surface area contributed by atoms with Crippen molar-refractivity contribution in [3.63, 3.8) is 0 Å². The highest BCUT2D eigenvalue weighted by atomic mass is 19.1. The third-order valence-electron chi connectivity index (χ3n) is 4.46. The number of aryl methyl sites for hydroxylation is 1. The molecule has 0 atom stereocenters. The van der Waals surface area contributed by atoms with E-state index in [1.54, 1.807) is 25.4 Å². The van der Waals surface area contributed by atoms with Gasteiger partial charge in [-0.2, -0.15) is 0 Å². The molecule has 3 rings (SSSR count). The van der Waals surface area contributed by atoms with E-state index in [0.717, 1.165) is 30.6 Å². The minimum absolute atomic E-state index is 0.262. The average molecular weight is 410 g/mol. The Morgan fingerprint density at radius 3 is 2.57 bits per heavy atom. The number of guanidine groups is 1. The molecule has 0 aliphatic rings. The van der Waals surface area contributed by atoms with Crippen LogP contribution >= 0.6 is 0 Å². The van der Waals surface area contributed by atoms with Crippen molar-refractivity contribution >= 4 is 5.96 Å². The zero-order valence-electron chi connectivity index (χ0n) is 17.3. The summed E-state index contributed by atoms with van der Waals surface area (Å²) in [7, 11) is 1.73. The van der Waals surface area contributed by atoms with Gasteiger partial charge in [0.15, 0.2) is 5.96 Å². The lowest BCUT2D eigenvalue weighted by atomic mass is 10.1. The van der Waals surface area contributed by atoms with Crippen molar-refractivity contribution in [2.24, 2.45) is 4.99 Å². The molecule has 1 heterocycles. The molecule has 0 bridgehead atoms. The van der Waals surface area contributed by atoms with Crippen LogP contribution in [-0.2, 0) is 6.54 Å². The molecule has 0 radical (unpaired) electrons. The van der Waals surface area contributed by atoms with E-state index >= 15 is 0 Å². The van der Waals surface area contributed by atoms with Gasteiger partial charge in [0.1, 0.15) is 17.8 Å². The lowest BCUT2D eigenvalue weighted by Gasteiger charge is -2.11. The second kappa shape index (κ2) is 11.0. The van der Waals surface area contributed by atoms with Crippen molar-refractivity contribution in [2.45, 2.75) is 26.3 Å². The molecule has 0 spiro atoms. The van der Waals surface area contributed by atoms with Crippen molar-refractivity contribution in [2.75, 3.05) is 20.2 Å². The number of ether oxygens (including phenoxy) is 1. The summed E-state index contributed by atoms with van der Waals surface area (Å²) in [5.41, 5.74) is 2.96. The van der Waals surface area contributed by atoms with Crippen LogP contribution in [0.3, 0.4) is 0 Å². The number of hydrogen-bond donors (Lipinski definition) is 2. The molecular weight excluding hydrogens is 383 g/mol. The maximum absolute atomic E-state index is 12.9. The third kappa shape index (κ3) is 6.62. The molecule has 0 saturated heterocycles. The number of nitrogens with one attached hydrogen (secondary N) is 2. The summed E-state index contributed by atoms with van der Waals surface area (Å²) < 4.78 is 24.0. The number of aromatic nitrogens is 1. The number of benzene rings is 2. The first kappa shape index (κ1) is 21.4. The minimum atomic E-state index is -0.262. The van der Waals surface area contributed by atoms with E-state index in [-0.39, 0.29) is 5.82 Å². The Morgan fingerprint density at radius 1 is 1.07 bits per heavy atom. The Kier molecular flexibility index (Phi) is 7.83. The van der Waals surface area contributed by atoms with E-state index in [1.165, 1.54) is 17.7 Å². The number of aliphatic imine (C=N–C) groups is 1. The monoisotopic (exact) mass is 410 g/mol. The lowest BCUT2D eigenvalue weighted by molar-refractivity contribution is 0.306. The lowest BCUT2D eigenvalue weighted by Crippen LogP contribution is -2.37. The van der Waals surface area contributed by atoms with Crippen LogP contribution in [0.15, 0.2) is 64.2 Å². The summed E-state index contributed by atoms with van der Waals surface area (Å²) >= 11 is 0. The van der Waals surface area contributed by atoms with Crippen LogP contribution < -0.4 is 15.4 Å². The van der Waals surface area contributed by atoms with Crippen LogP contribution in [0.2, 0.25) is 0 Å². The first-order chi connectivity index (χ1) is 14.6. The van der Waals surface area contributed by atoms with E-state index in [2.05, 4.69) is 20.6 Å². The minimum Gasteiger partial charge on any atom is -0.494 e. The maximum Gasteiger partial charge on any atom is 0.226 e. The summed E-state index contributed by atoms with van der Waals surface area (Å²) in [6.45, 7) is 3.91. The predicted octanol–water partition coefficient (Wildman–Crippen LogP) is 4.31. The quantitative estimate of drug-likeness (QED) is 0.312. The number of halogens is 1. The topological polar surface area (TPSA) is 71.7 Å². The maximum atomic E-state index is 12.9. The molecule has 1 aromatic heterocycles. The standard InChI is InChI=1S/C23H27FN4O2/c1-17-5-7-18(8-6-17)22-28-20(16-30-22)15-27-23(25-2)26-13-3-4-14-29-21-11-9-19(24)10-12-21/h5-12,16H,3-4,13-15H2,1-2H3,(H2,25,26,27). The number of oxazole rings is 1. The molecular formula is C23H27FN4O2. The van der Waals surface area contributed by atoms with E-state index in [9.17, 15) is 4.39 Å². The van der Waals surface area contributed by atoms with Gasteiger partial charge in [-0.1, -0.05) is 17.7 Å². The Bertz CT molecular complexity index is 937. The second-order valence-corrected chi connectivity index (χ2v) is 6.87. The van der Waals surface area contributed by atoms with Crippen LogP contribution in [0.4, 0.5) is 4.39 Å². The van der Waals surface area contributed by atoms with Crippen LogP contribution in [0.25, 0.3) is 11.5 Å². The van der Waals surface area contributed by atoms with Gasteiger partial charge in [0, 0.05) is 19.2 Å². The van der Waals surface area contributed by atoms with Crippen molar-refractivity contribution < 1.29 is 13.5 Å². The molecule has 30 heavy (non-hydrogen) atoms. The van der Waals surface area contributed by atoms with Crippen molar-refractivity contribution in [1.29, 1.82) is 0 Å². The fourth-order valence-corrected chi connectivity index (χ4v) is 2.77. The van der Waals surface area contributed by atoms with Crippen LogP contribution in [0.5, 0.6) is 5.75 Å². The van der Waals surface area contributed by atoms with Gasteiger partial charge in [0.25, 0.3) is 0 Å². The van der Waals surface area contributed by atoms with Gasteiger partial charge in [-0.15, -0.1) is 0 Å². The molecule has 0 unspecified atom stereocenters. The fraction of sp³-hybridized carbons (Fsp3) is 0.304. The Morgan fingerprint density at radius 2 is 1.83 bits per heavy atom. The van der Waals surface area contributed by atoms with Crippen molar-refractivity contribution in [3.05, 3.63) is 71.9 Å². The van der Waals surface area contributed by atoms with Gasteiger partial charge in [0.05, 0.1) is 18.8 Å². The van der Waals surface area contributed by atoms with Crippen LogP contribution in [0, 0.1) is 12.7 Å². The molecule has 2 N–H and O–H groups in total. The van der Waals surface area contributed by atoms with E-state index in [4.69, 9.17) is 9.15 Å². The third-order valence-corrected chi connectivity index (χ3v) is 4.46. The van der Waals surface area contributed by atoms with E-state index in [0.29, 0.717) is 30.8 Å². The molecule has 0 fully saturated rings. The first-order valence-corrected chi connectivity index (χ1v) is 9.98. The van der Waals surface area contributed by atoms with Crippen LogP contribution in [-0.4, -0.2) is 31.1 Å². The largest absolute Gasteiger partial charge is 0.494 e. The molecule has 7 heteroatoms. The zero-order valence-corrected chi connectivity index (χ0v) is 17.3. The average Bonchev–Trinajstić information content (AvgIpc) is 3.23. The smallest absolute Gasteiger partial charge is 0.226 e. The second-order valence-electron chi connectivity index (χ2n) is 6.87. The fourth-order valence-electron chi connectivity index (χ4n) is 2.77. The number of nitrogens with zero attached hydrogens (tertiary/aromatic N) is 2. The number of hydrogen-bond acceptors (Lipinski definition) is 4. The van der Waals surface area contributed by atoms with E-state index in [1.807, 2.05) is 31.2 Å². The highest BCUT2D eigenvalue weighted by Crippen LogP contribution is 2.19. The Labute approximate surface area is 176 Å². The predicted molar refractivity (Wildman–Crippen MR) is 116 cm³/mol. The molecule has 0 amide bonds. The first-order valence-electron chi connectivity index (χ1n) is 9.98. The van der Waals surface area contributed by atoms with Gasteiger partial charge in [-0.05, 0) is 56.2 Å². The summed E-state index contributed by atoms with van der Waals surface area (Å²) in [5, 5.41) is 6.50. The summed E-state index contributed by atoms with van der Waals surface area (Å²) in [6, 6.07) is 14.1. The van der Waals surface area contributed by atoms with Gasteiger partial charge in [0.2, 0.25) is 5.89 Å². The highest BCUT2D eigenvalue weighted by Gasteiger charge is 2.07. The summed E-state index contributed by atoms with van der Waals surface area (Å²) in [5.74, 6) is 1.73.